The molecule has 0 radical (unpaired) electrons. The lowest BCUT2D eigenvalue weighted by atomic mass is 9.83. The number of aryl methyl sites for hydroxylation is 2. The van der Waals surface area contributed by atoms with Gasteiger partial charge in [-0.1, -0.05) is 30.9 Å². The molecule has 1 N–H and O–H groups in total. The van der Waals surface area contributed by atoms with Crippen molar-refractivity contribution in [3.05, 3.63) is 16.4 Å². The fraction of sp³-hybridized carbons (Fsp3) is 0.769. The highest BCUT2D eigenvalue weighted by atomic mass is 35.5. The summed E-state index contributed by atoms with van der Waals surface area (Å²) >= 11 is 6.25. The van der Waals surface area contributed by atoms with Gasteiger partial charge in [0.05, 0.1) is 16.4 Å². The number of hydrogen-bond donors (Lipinski definition) is 1. The van der Waals surface area contributed by atoms with Crippen molar-refractivity contribution in [2.75, 3.05) is 6.54 Å². The van der Waals surface area contributed by atoms with E-state index in [0.29, 0.717) is 0 Å². The lowest BCUT2D eigenvalue weighted by molar-refractivity contribution is 0.291. The van der Waals surface area contributed by atoms with E-state index in [4.69, 9.17) is 11.6 Å². The maximum absolute atomic E-state index is 6.25. The summed E-state index contributed by atoms with van der Waals surface area (Å²) in [5.74, 6) is 0.968. The zero-order valence-corrected chi connectivity index (χ0v) is 11.6. The molecule has 0 saturated heterocycles. The number of aromatic nitrogens is 2. The van der Waals surface area contributed by atoms with Gasteiger partial charge in [0, 0.05) is 13.1 Å². The van der Waals surface area contributed by atoms with Crippen LogP contribution in [0.3, 0.4) is 0 Å². The maximum atomic E-state index is 6.25. The van der Waals surface area contributed by atoms with Crippen LogP contribution in [-0.2, 0) is 13.1 Å². The molecule has 0 unspecified atom stereocenters. The number of hydrogen-bond acceptors (Lipinski definition) is 2. The van der Waals surface area contributed by atoms with E-state index >= 15 is 0 Å². The van der Waals surface area contributed by atoms with Crippen molar-refractivity contribution in [2.45, 2.75) is 52.6 Å². The summed E-state index contributed by atoms with van der Waals surface area (Å²) in [7, 11) is 0. The van der Waals surface area contributed by atoms with Crippen molar-refractivity contribution in [1.82, 2.24) is 15.1 Å². The van der Waals surface area contributed by atoms with E-state index in [0.717, 1.165) is 42.0 Å². The summed E-state index contributed by atoms with van der Waals surface area (Å²) in [6, 6.07) is 0. The molecule has 0 bridgehead atoms. The Morgan fingerprint density at radius 1 is 1.47 bits per heavy atom. The Balaban J connectivity index is 1.80. The average Bonchev–Trinajstić information content (AvgIpc) is 2.53. The summed E-state index contributed by atoms with van der Waals surface area (Å²) in [6.45, 7) is 6.87. The molecule has 0 amide bonds. The van der Waals surface area contributed by atoms with Gasteiger partial charge in [0.2, 0.25) is 0 Å². The highest BCUT2D eigenvalue weighted by Crippen LogP contribution is 2.28. The van der Waals surface area contributed by atoms with Gasteiger partial charge in [0.1, 0.15) is 0 Å². The Bertz CT molecular complexity index is 369. The van der Waals surface area contributed by atoms with Crippen LogP contribution in [0.15, 0.2) is 0 Å². The van der Waals surface area contributed by atoms with E-state index < -0.39 is 0 Å². The van der Waals surface area contributed by atoms with Gasteiger partial charge in [-0.3, -0.25) is 4.68 Å². The number of rotatable bonds is 6. The fourth-order valence-electron chi connectivity index (χ4n) is 2.33. The van der Waals surface area contributed by atoms with Gasteiger partial charge in [0.25, 0.3) is 0 Å². The summed E-state index contributed by atoms with van der Waals surface area (Å²) < 4.78 is 1.99. The third-order valence-electron chi connectivity index (χ3n) is 3.70. The largest absolute Gasteiger partial charge is 0.311 e. The number of halogens is 1. The summed E-state index contributed by atoms with van der Waals surface area (Å²) in [4.78, 5) is 0. The second-order valence-electron chi connectivity index (χ2n) is 4.92. The van der Waals surface area contributed by atoms with Crippen LogP contribution in [0.4, 0.5) is 0 Å². The van der Waals surface area contributed by atoms with E-state index in [1.54, 1.807) is 0 Å². The molecular weight excluding hydrogens is 234 g/mol. The molecule has 1 heterocycles. The highest BCUT2D eigenvalue weighted by Gasteiger charge is 2.17. The van der Waals surface area contributed by atoms with Crippen LogP contribution < -0.4 is 5.32 Å². The van der Waals surface area contributed by atoms with Crippen molar-refractivity contribution >= 4 is 11.6 Å². The molecule has 0 aliphatic heterocycles. The molecule has 0 spiro atoms. The van der Waals surface area contributed by atoms with Crippen molar-refractivity contribution < 1.29 is 0 Å². The molecule has 1 fully saturated rings. The molecule has 1 aromatic heterocycles. The van der Waals surface area contributed by atoms with E-state index in [1.165, 1.54) is 25.7 Å². The van der Waals surface area contributed by atoms with Crippen LogP contribution in [-0.4, -0.2) is 16.3 Å². The normalized spacial score (nSPS) is 16.2. The Morgan fingerprint density at radius 2 is 2.24 bits per heavy atom. The number of nitrogens with one attached hydrogen (secondary N) is 1. The minimum Gasteiger partial charge on any atom is -0.311 e. The Hall–Kier alpha value is -0.540. The van der Waals surface area contributed by atoms with Gasteiger partial charge in [-0.15, -0.1) is 0 Å². The smallest absolute Gasteiger partial charge is 0.0860 e. The molecule has 96 valence electrons. The van der Waals surface area contributed by atoms with Gasteiger partial charge in [-0.25, -0.2) is 0 Å². The topological polar surface area (TPSA) is 29.9 Å². The summed E-state index contributed by atoms with van der Waals surface area (Å²) in [5.41, 5.74) is 2.06. The lowest BCUT2D eigenvalue weighted by Crippen LogP contribution is -2.22. The third-order valence-corrected chi connectivity index (χ3v) is 4.19. The quantitative estimate of drug-likeness (QED) is 0.792. The standard InChI is InChI=1S/C13H22ClN3/c1-3-17-12(13(14)10(2)16-17)9-15-8-7-11-5-4-6-11/h11,15H,3-9H2,1-2H3. The van der Waals surface area contributed by atoms with Crippen LogP contribution in [0, 0.1) is 12.8 Å². The molecule has 4 heteroatoms. The average molecular weight is 256 g/mol. The van der Waals surface area contributed by atoms with Gasteiger partial charge in [-0.2, -0.15) is 5.10 Å². The molecule has 0 aromatic carbocycles. The molecular formula is C13H22ClN3. The van der Waals surface area contributed by atoms with E-state index in [9.17, 15) is 0 Å². The Kier molecular flexibility index (Phi) is 4.46. The second kappa shape index (κ2) is 5.87. The van der Waals surface area contributed by atoms with E-state index in [1.807, 2.05) is 11.6 Å². The molecule has 1 aromatic rings. The predicted octanol–water partition coefficient (Wildman–Crippen LogP) is 3.14. The molecule has 0 atom stereocenters. The van der Waals surface area contributed by atoms with E-state index in [-0.39, 0.29) is 0 Å². The maximum Gasteiger partial charge on any atom is 0.0860 e. The molecule has 1 aliphatic rings. The van der Waals surface area contributed by atoms with E-state index in [2.05, 4.69) is 17.3 Å². The van der Waals surface area contributed by atoms with Crippen LogP contribution in [0.2, 0.25) is 5.02 Å². The first-order valence-electron chi connectivity index (χ1n) is 6.64. The van der Waals surface area contributed by atoms with Crippen molar-refractivity contribution in [3.63, 3.8) is 0 Å². The first-order valence-corrected chi connectivity index (χ1v) is 7.02. The zero-order valence-electron chi connectivity index (χ0n) is 10.8. The fourth-order valence-corrected chi connectivity index (χ4v) is 2.53. The van der Waals surface area contributed by atoms with Crippen molar-refractivity contribution in [2.24, 2.45) is 5.92 Å². The Labute approximate surface area is 109 Å². The van der Waals surface area contributed by atoms with Crippen LogP contribution in [0.5, 0.6) is 0 Å². The summed E-state index contributed by atoms with van der Waals surface area (Å²) in [5, 5.41) is 8.72. The van der Waals surface area contributed by atoms with Crippen LogP contribution in [0.25, 0.3) is 0 Å². The van der Waals surface area contributed by atoms with Crippen LogP contribution in [0.1, 0.15) is 44.0 Å². The van der Waals surface area contributed by atoms with Crippen molar-refractivity contribution in [1.29, 1.82) is 0 Å². The van der Waals surface area contributed by atoms with Gasteiger partial charge >= 0.3 is 0 Å². The molecule has 1 aliphatic carbocycles. The molecule has 17 heavy (non-hydrogen) atoms. The summed E-state index contributed by atoms with van der Waals surface area (Å²) in [6.07, 6.45) is 5.58. The highest BCUT2D eigenvalue weighted by molar-refractivity contribution is 6.31. The van der Waals surface area contributed by atoms with Gasteiger partial charge in [-0.05, 0) is 32.7 Å². The minimum absolute atomic E-state index is 0.822. The van der Waals surface area contributed by atoms with Gasteiger partial charge in [0.15, 0.2) is 0 Å². The first kappa shape index (κ1) is 12.9. The third kappa shape index (κ3) is 3.02. The monoisotopic (exact) mass is 255 g/mol. The SMILES string of the molecule is CCn1nc(C)c(Cl)c1CNCCC1CCC1. The second-order valence-corrected chi connectivity index (χ2v) is 5.30. The Morgan fingerprint density at radius 3 is 2.82 bits per heavy atom. The number of nitrogens with zero attached hydrogens (tertiary/aromatic N) is 2. The molecule has 2 rings (SSSR count). The lowest BCUT2D eigenvalue weighted by Gasteiger charge is -2.25. The zero-order chi connectivity index (χ0) is 12.3. The molecule has 1 saturated carbocycles. The van der Waals surface area contributed by atoms with Crippen LogP contribution >= 0.6 is 11.6 Å². The van der Waals surface area contributed by atoms with Gasteiger partial charge < -0.3 is 5.32 Å². The predicted molar refractivity (Wildman–Crippen MR) is 71.3 cm³/mol. The van der Waals surface area contributed by atoms with Crippen molar-refractivity contribution in [3.8, 4) is 0 Å². The first-order chi connectivity index (χ1) is 8.22. The minimum atomic E-state index is 0.822. The molecule has 3 nitrogen and oxygen atoms in total.